The van der Waals surface area contributed by atoms with Crippen LogP contribution in [0.5, 0.6) is 5.88 Å². The first-order valence-corrected chi connectivity index (χ1v) is 10.6. The zero-order valence-corrected chi connectivity index (χ0v) is 17.4. The molecule has 160 valence electrons. The third kappa shape index (κ3) is 4.16. The fourth-order valence-electron chi connectivity index (χ4n) is 3.72. The van der Waals surface area contributed by atoms with E-state index in [2.05, 4.69) is 27.4 Å². The largest absolute Gasteiger partial charge is 0.424 e. The van der Waals surface area contributed by atoms with E-state index in [1.165, 1.54) is 0 Å². The first kappa shape index (κ1) is 19.8. The van der Waals surface area contributed by atoms with Crippen molar-refractivity contribution in [3.8, 4) is 11.6 Å². The molecule has 3 heterocycles. The van der Waals surface area contributed by atoms with Crippen molar-refractivity contribution in [1.29, 1.82) is 0 Å². The minimum absolute atomic E-state index is 0. The van der Waals surface area contributed by atoms with Gasteiger partial charge in [-0.15, -0.1) is 0 Å². The number of nitrogens with one attached hydrogen (secondary N) is 1. The molecule has 1 aliphatic heterocycles. The molecule has 0 unspecified atom stereocenters. The monoisotopic (exact) mass is 424 g/mol. The van der Waals surface area contributed by atoms with Crippen molar-refractivity contribution in [3.05, 3.63) is 107 Å². The highest BCUT2D eigenvalue weighted by atomic mass is 16.5. The third-order valence-corrected chi connectivity index (χ3v) is 5.22. The fourth-order valence-corrected chi connectivity index (χ4v) is 3.72. The second-order valence-corrected chi connectivity index (χ2v) is 7.47. The standard InChI is InChI=1S/C26H22N4O2.H2/c31-23-17-24(29-19-10-4-1-5-11-19)30(20-12-6-2-7-13-20)22-16-26(28-18-21(22)23)32-25-14-8-3-9-15-27-25;/h2-4,6-13,15-18,29H,1,5,14H2;1H. The van der Waals surface area contributed by atoms with Gasteiger partial charge in [0, 0.05) is 43.8 Å². The van der Waals surface area contributed by atoms with Gasteiger partial charge in [-0.2, -0.15) is 0 Å². The lowest BCUT2D eigenvalue weighted by Gasteiger charge is -2.20. The summed E-state index contributed by atoms with van der Waals surface area (Å²) in [5.41, 5.74) is 2.50. The zero-order valence-electron chi connectivity index (χ0n) is 17.4. The van der Waals surface area contributed by atoms with E-state index < -0.39 is 0 Å². The van der Waals surface area contributed by atoms with Crippen LogP contribution in [-0.4, -0.2) is 15.4 Å². The van der Waals surface area contributed by atoms with Crippen LogP contribution in [0.2, 0.25) is 0 Å². The van der Waals surface area contributed by atoms with Crippen LogP contribution in [0, 0.1) is 0 Å². The molecule has 32 heavy (non-hydrogen) atoms. The third-order valence-electron chi connectivity index (χ3n) is 5.22. The molecule has 0 spiro atoms. The second-order valence-electron chi connectivity index (χ2n) is 7.47. The maximum absolute atomic E-state index is 13.0. The lowest BCUT2D eigenvalue weighted by Crippen LogP contribution is -2.15. The van der Waals surface area contributed by atoms with Gasteiger partial charge in [0.15, 0.2) is 5.43 Å². The van der Waals surface area contributed by atoms with Crippen LogP contribution >= 0.6 is 0 Å². The number of hydrogen-bond donors (Lipinski definition) is 1. The number of nitrogens with zero attached hydrogens (tertiary/aromatic N) is 3. The Bertz CT molecular complexity index is 1370. The number of aliphatic imine (C=N–C) groups is 1. The van der Waals surface area contributed by atoms with Gasteiger partial charge in [-0.05, 0) is 37.1 Å². The number of fused-ring (bicyclic) bond motifs is 1. The fraction of sp³-hybridized carbons (Fsp3) is 0.115. The number of ether oxygens (including phenoxy) is 1. The van der Waals surface area contributed by atoms with E-state index in [0.29, 0.717) is 34.9 Å². The van der Waals surface area contributed by atoms with Gasteiger partial charge in [0.25, 0.3) is 0 Å². The second kappa shape index (κ2) is 8.89. The van der Waals surface area contributed by atoms with Crippen LogP contribution in [0.3, 0.4) is 0 Å². The summed E-state index contributed by atoms with van der Waals surface area (Å²) in [5, 5.41) is 3.94. The number of benzene rings is 1. The Labute approximate surface area is 187 Å². The molecule has 0 atom stereocenters. The molecule has 0 bridgehead atoms. The Morgan fingerprint density at radius 3 is 2.81 bits per heavy atom. The van der Waals surface area contributed by atoms with E-state index in [0.717, 1.165) is 24.2 Å². The van der Waals surface area contributed by atoms with E-state index in [-0.39, 0.29) is 6.86 Å². The molecule has 3 aromatic rings. The van der Waals surface area contributed by atoms with Crippen molar-refractivity contribution in [3.63, 3.8) is 0 Å². The summed E-state index contributed by atoms with van der Waals surface area (Å²) in [7, 11) is 0. The molecule has 1 aromatic carbocycles. The highest BCUT2D eigenvalue weighted by molar-refractivity contribution is 5.85. The Morgan fingerprint density at radius 1 is 1.06 bits per heavy atom. The quantitative estimate of drug-likeness (QED) is 0.598. The Morgan fingerprint density at radius 2 is 1.97 bits per heavy atom. The summed E-state index contributed by atoms with van der Waals surface area (Å²) < 4.78 is 7.96. The van der Waals surface area contributed by atoms with Gasteiger partial charge in [0.1, 0.15) is 5.82 Å². The van der Waals surface area contributed by atoms with Crippen LogP contribution in [0.1, 0.15) is 20.7 Å². The van der Waals surface area contributed by atoms with E-state index in [1.807, 2.05) is 59.2 Å². The number of para-hydroxylation sites is 1. The van der Waals surface area contributed by atoms with E-state index >= 15 is 0 Å². The van der Waals surface area contributed by atoms with Crippen molar-refractivity contribution in [2.75, 3.05) is 5.32 Å². The molecule has 5 rings (SSSR count). The molecule has 6 nitrogen and oxygen atoms in total. The van der Waals surface area contributed by atoms with Gasteiger partial charge < -0.3 is 10.1 Å². The smallest absolute Gasteiger partial charge is 0.223 e. The maximum atomic E-state index is 13.0. The zero-order chi connectivity index (χ0) is 21.8. The number of anilines is 1. The van der Waals surface area contributed by atoms with Crippen LogP contribution in [-0.2, 0) is 0 Å². The molecule has 0 fully saturated rings. The van der Waals surface area contributed by atoms with E-state index in [1.54, 1.807) is 24.5 Å². The molecule has 0 saturated heterocycles. The molecule has 1 N–H and O–H groups in total. The van der Waals surface area contributed by atoms with Crippen molar-refractivity contribution in [2.24, 2.45) is 4.99 Å². The van der Waals surface area contributed by atoms with Crippen LogP contribution in [0.4, 0.5) is 5.82 Å². The average molecular weight is 425 g/mol. The minimum atomic E-state index is -0.105. The number of hydrogen-bond acceptors (Lipinski definition) is 5. The van der Waals surface area contributed by atoms with E-state index in [4.69, 9.17) is 4.74 Å². The molecule has 1 aliphatic carbocycles. The SMILES string of the molecule is O=c1cc(NC2=CCCC=C2)n(-c2ccccc2)c2cc(OC3=NC=CC=CC3)ncc12.[HH]. The normalized spacial score (nSPS) is 15.2. The van der Waals surface area contributed by atoms with Crippen LogP contribution in [0.25, 0.3) is 16.6 Å². The van der Waals surface area contributed by atoms with Crippen LogP contribution < -0.4 is 15.5 Å². The first-order chi connectivity index (χ1) is 15.8. The molecular weight excluding hydrogens is 400 g/mol. The highest BCUT2D eigenvalue weighted by Crippen LogP contribution is 2.26. The Balaban J connectivity index is 0.00000259. The van der Waals surface area contributed by atoms with Gasteiger partial charge in [0.05, 0.1) is 10.9 Å². The maximum Gasteiger partial charge on any atom is 0.223 e. The number of allylic oxidation sites excluding steroid dienone is 5. The van der Waals surface area contributed by atoms with Gasteiger partial charge in [-0.25, -0.2) is 9.98 Å². The van der Waals surface area contributed by atoms with Gasteiger partial charge in [-0.1, -0.05) is 42.5 Å². The predicted octanol–water partition coefficient (Wildman–Crippen LogP) is 5.53. The lowest BCUT2D eigenvalue weighted by atomic mass is 10.1. The lowest BCUT2D eigenvalue weighted by molar-refractivity contribution is 0.518. The highest BCUT2D eigenvalue weighted by Gasteiger charge is 2.14. The van der Waals surface area contributed by atoms with Crippen molar-refractivity contribution >= 4 is 22.6 Å². The molecule has 6 heteroatoms. The number of pyridine rings is 2. The Kier molecular flexibility index (Phi) is 5.49. The van der Waals surface area contributed by atoms with Crippen molar-refractivity contribution < 1.29 is 6.16 Å². The van der Waals surface area contributed by atoms with E-state index in [9.17, 15) is 4.79 Å². The summed E-state index contributed by atoms with van der Waals surface area (Å²) in [6.07, 6.45) is 17.9. The molecule has 2 aliphatic rings. The topological polar surface area (TPSA) is 68.5 Å². The van der Waals surface area contributed by atoms with Gasteiger partial charge in [0.2, 0.25) is 11.8 Å². The average Bonchev–Trinajstić information content (AvgIpc) is 3.09. The number of rotatable bonds is 4. The van der Waals surface area contributed by atoms with Crippen molar-refractivity contribution in [1.82, 2.24) is 9.55 Å². The summed E-state index contributed by atoms with van der Waals surface area (Å²) in [4.78, 5) is 21.6. The summed E-state index contributed by atoms with van der Waals surface area (Å²) in [6.45, 7) is 0. The molecule has 0 saturated carbocycles. The first-order valence-electron chi connectivity index (χ1n) is 10.6. The predicted molar refractivity (Wildman–Crippen MR) is 130 cm³/mol. The summed E-state index contributed by atoms with van der Waals surface area (Å²) in [6, 6.07) is 13.3. The Hall–Kier alpha value is -4.19. The van der Waals surface area contributed by atoms with Crippen molar-refractivity contribution in [2.45, 2.75) is 19.3 Å². The summed E-state index contributed by atoms with van der Waals surface area (Å²) in [5.74, 6) is 1.61. The summed E-state index contributed by atoms with van der Waals surface area (Å²) >= 11 is 0. The molecule has 0 radical (unpaired) electrons. The number of aromatic nitrogens is 2. The van der Waals surface area contributed by atoms with Gasteiger partial charge in [-0.3, -0.25) is 9.36 Å². The minimum Gasteiger partial charge on any atom is -0.424 e. The molecular formula is C26H24N4O2. The van der Waals surface area contributed by atoms with Gasteiger partial charge >= 0.3 is 0 Å². The van der Waals surface area contributed by atoms with Crippen LogP contribution in [0.15, 0.2) is 107 Å². The molecule has 0 amide bonds. The molecule has 2 aromatic heterocycles.